The maximum Gasteiger partial charge on any atom is 0.319 e. The second-order valence-electron chi connectivity index (χ2n) is 7.57. The van der Waals surface area contributed by atoms with E-state index in [1.54, 1.807) is 12.1 Å². The number of para-hydroxylation sites is 1. The van der Waals surface area contributed by atoms with Crippen molar-refractivity contribution in [2.45, 2.75) is 18.9 Å². The Labute approximate surface area is 186 Å². The number of methoxy groups -OCH3 is 1. The molecule has 0 aliphatic carbocycles. The SMILES string of the molecule is COc1ccc(-c2cccc(C(=O)N3CCC(NC(=O)Nc4ccccc4)CC3)c2)nn1. The third-order valence-corrected chi connectivity index (χ3v) is 5.40. The average Bonchev–Trinajstić information content (AvgIpc) is 2.85. The van der Waals surface area contributed by atoms with Crippen molar-refractivity contribution in [3.63, 3.8) is 0 Å². The van der Waals surface area contributed by atoms with Gasteiger partial charge >= 0.3 is 6.03 Å². The van der Waals surface area contributed by atoms with Crippen LogP contribution in [0.1, 0.15) is 23.2 Å². The molecule has 0 saturated carbocycles. The van der Waals surface area contributed by atoms with E-state index in [0.29, 0.717) is 43.1 Å². The van der Waals surface area contributed by atoms with Gasteiger partial charge in [0.05, 0.1) is 12.8 Å². The van der Waals surface area contributed by atoms with Crippen molar-refractivity contribution in [1.29, 1.82) is 0 Å². The predicted molar refractivity (Wildman–Crippen MR) is 122 cm³/mol. The van der Waals surface area contributed by atoms with Crippen molar-refractivity contribution in [3.05, 3.63) is 72.3 Å². The maximum absolute atomic E-state index is 13.0. The van der Waals surface area contributed by atoms with E-state index in [4.69, 9.17) is 4.74 Å². The van der Waals surface area contributed by atoms with Gasteiger partial charge in [-0.1, -0.05) is 30.3 Å². The Bertz CT molecular complexity index is 1060. The van der Waals surface area contributed by atoms with Crippen LogP contribution >= 0.6 is 0 Å². The fourth-order valence-corrected chi connectivity index (χ4v) is 3.68. The van der Waals surface area contributed by atoms with Crippen molar-refractivity contribution < 1.29 is 14.3 Å². The molecule has 2 aromatic carbocycles. The fourth-order valence-electron chi connectivity index (χ4n) is 3.68. The number of likely N-dealkylation sites (tertiary alicyclic amines) is 1. The summed E-state index contributed by atoms with van der Waals surface area (Å²) in [7, 11) is 1.54. The highest BCUT2D eigenvalue weighted by Crippen LogP contribution is 2.21. The lowest BCUT2D eigenvalue weighted by Crippen LogP contribution is -2.47. The third kappa shape index (κ3) is 5.21. The van der Waals surface area contributed by atoms with Crippen LogP contribution in [0.25, 0.3) is 11.3 Å². The zero-order valence-electron chi connectivity index (χ0n) is 17.8. The lowest BCUT2D eigenvalue weighted by atomic mass is 10.0. The maximum atomic E-state index is 13.0. The Kier molecular flexibility index (Phi) is 6.60. The number of carbonyl (C=O) groups excluding carboxylic acids is 2. The van der Waals surface area contributed by atoms with E-state index in [-0.39, 0.29) is 18.0 Å². The molecule has 8 nitrogen and oxygen atoms in total. The number of nitrogens with one attached hydrogen (secondary N) is 2. The van der Waals surface area contributed by atoms with Gasteiger partial charge < -0.3 is 20.3 Å². The van der Waals surface area contributed by atoms with Crippen LogP contribution in [0.15, 0.2) is 66.7 Å². The molecule has 0 atom stereocenters. The molecule has 0 bridgehead atoms. The number of benzene rings is 2. The standard InChI is InChI=1S/C24H25N5O3/c1-32-22-11-10-21(27-28-22)17-6-5-7-18(16-17)23(30)29-14-12-20(13-15-29)26-24(31)25-19-8-3-2-4-9-19/h2-11,16,20H,12-15H2,1H3,(H2,25,26,31). The molecular weight excluding hydrogens is 406 g/mol. The summed E-state index contributed by atoms with van der Waals surface area (Å²) in [6, 6.07) is 20.1. The molecule has 3 aromatic rings. The zero-order chi connectivity index (χ0) is 22.3. The van der Waals surface area contributed by atoms with Gasteiger partial charge in [0.25, 0.3) is 5.91 Å². The first-order valence-corrected chi connectivity index (χ1v) is 10.5. The largest absolute Gasteiger partial charge is 0.480 e. The van der Waals surface area contributed by atoms with Gasteiger partial charge in [0.1, 0.15) is 0 Å². The molecule has 3 amide bonds. The minimum atomic E-state index is -0.228. The van der Waals surface area contributed by atoms with Gasteiger partial charge in [-0.3, -0.25) is 4.79 Å². The molecule has 1 aromatic heterocycles. The molecular formula is C24H25N5O3. The van der Waals surface area contributed by atoms with E-state index in [9.17, 15) is 9.59 Å². The van der Waals surface area contributed by atoms with E-state index in [1.807, 2.05) is 59.5 Å². The van der Waals surface area contributed by atoms with Gasteiger partial charge in [0, 0.05) is 42.0 Å². The number of hydrogen-bond donors (Lipinski definition) is 2. The average molecular weight is 431 g/mol. The predicted octanol–water partition coefficient (Wildman–Crippen LogP) is 3.58. The van der Waals surface area contributed by atoms with Crippen LogP contribution in [-0.2, 0) is 0 Å². The molecule has 1 fully saturated rings. The highest BCUT2D eigenvalue weighted by molar-refractivity contribution is 5.95. The lowest BCUT2D eigenvalue weighted by molar-refractivity contribution is 0.0709. The van der Waals surface area contributed by atoms with Crippen LogP contribution in [0.2, 0.25) is 0 Å². The number of hydrogen-bond acceptors (Lipinski definition) is 5. The summed E-state index contributed by atoms with van der Waals surface area (Å²) in [5.41, 5.74) is 2.85. The summed E-state index contributed by atoms with van der Waals surface area (Å²) >= 11 is 0. The summed E-state index contributed by atoms with van der Waals surface area (Å²) in [6.45, 7) is 1.17. The topological polar surface area (TPSA) is 96.5 Å². The van der Waals surface area contributed by atoms with Gasteiger partial charge in [0.15, 0.2) is 0 Å². The van der Waals surface area contributed by atoms with Crippen molar-refractivity contribution in [3.8, 4) is 17.1 Å². The summed E-state index contributed by atoms with van der Waals surface area (Å²) in [5.74, 6) is 0.412. The van der Waals surface area contributed by atoms with Crippen LogP contribution in [0, 0.1) is 0 Å². The minimum absolute atomic E-state index is 0.0273. The third-order valence-electron chi connectivity index (χ3n) is 5.40. The van der Waals surface area contributed by atoms with Crippen LogP contribution in [0.4, 0.5) is 10.5 Å². The zero-order valence-corrected chi connectivity index (χ0v) is 17.8. The number of anilines is 1. The Morgan fingerprint density at radius 3 is 2.44 bits per heavy atom. The van der Waals surface area contributed by atoms with E-state index >= 15 is 0 Å². The van der Waals surface area contributed by atoms with E-state index < -0.39 is 0 Å². The van der Waals surface area contributed by atoms with Crippen molar-refractivity contribution >= 4 is 17.6 Å². The van der Waals surface area contributed by atoms with Crippen molar-refractivity contribution in [1.82, 2.24) is 20.4 Å². The molecule has 1 aliphatic heterocycles. The first-order chi connectivity index (χ1) is 15.6. The summed E-state index contributed by atoms with van der Waals surface area (Å²) in [6.07, 6.45) is 1.41. The summed E-state index contributed by atoms with van der Waals surface area (Å²) < 4.78 is 5.04. The van der Waals surface area contributed by atoms with E-state index in [1.165, 1.54) is 7.11 Å². The first kappa shape index (κ1) is 21.3. The Morgan fingerprint density at radius 1 is 0.969 bits per heavy atom. The molecule has 0 spiro atoms. The van der Waals surface area contributed by atoms with Crippen molar-refractivity contribution in [2.75, 3.05) is 25.5 Å². The number of amides is 3. The number of urea groups is 1. The molecule has 32 heavy (non-hydrogen) atoms. The number of carbonyl (C=O) groups is 2. The van der Waals surface area contributed by atoms with Crippen molar-refractivity contribution in [2.24, 2.45) is 0 Å². The Hall–Kier alpha value is -3.94. The quantitative estimate of drug-likeness (QED) is 0.644. The van der Waals surface area contributed by atoms with Gasteiger partial charge in [-0.2, -0.15) is 0 Å². The molecule has 1 aliphatic rings. The number of ether oxygens (including phenoxy) is 1. The van der Waals surface area contributed by atoms with Crippen LogP contribution < -0.4 is 15.4 Å². The second-order valence-corrected chi connectivity index (χ2v) is 7.57. The molecule has 0 unspecified atom stereocenters. The highest BCUT2D eigenvalue weighted by atomic mass is 16.5. The molecule has 164 valence electrons. The summed E-state index contributed by atoms with van der Waals surface area (Å²) in [4.78, 5) is 27.1. The van der Waals surface area contributed by atoms with Gasteiger partial charge in [-0.15, -0.1) is 10.2 Å². The number of rotatable bonds is 5. The molecule has 2 N–H and O–H groups in total. The van der Waals surface area contributed by atoms with Gasteiger partial charge in [-0.05, 0) is 43.2 Å². The van der Waals surface area contributed by atoms with Gasteiger partial charge in [0.2, 0.25) is 5.88 Å². The molecule has 2 heterocycles. The van der Waals surface area contributed by atoms with E-state index in [0.717, 1.165) is 11.3 Å². The van der Waals surface area contributed by atoms with Crippen LogP contribution in [0.3, 0.4) is 0 Å². The molecule has 0 radical (unpaired) electrons. The highest BCUT2D eigenvalue weighted by Gasteiger charge is 2.25. The number of nitrogens with zero attached hydrogens (tertiary/aromatic N) is 3. The Morgan fingerprint density at radius 2 is 1.75 bits per heavy atom. The van der Waals surface area contributed by atoms with Crippen LogP contribution in [0.5, 0.6) is 5.88 Å². The first-order valence-electron chi connectivity index (χ1n) is 10.5. The normalized spacial score (nSPS) is 14.0. The summed E-state index contributed by atoms with van der Waals surface area (Å²) in [5, 5.41) is 14.0. The molecule has 8 heteroatoms. The monoisotopic (exact) mass is 431 g/mol. The smallest absolute Gasteiger partial charge is 0.319 e. The molecule has 4 rings (SSSR count). The van der Waals surface area contributed by atoms with Gasteiger partial charge in [-0.25, -0.2) is 4.79 Å². The van der Waals surface area contributed by atoms with Crippen LogP contribution in [-0.4, -0.2) is 53.3 Å². The lowest BCUT2D eigenvalue weighted by Gasteiger charge is -2.32. The molecule has 1 saturated heterocycles. The fraction of sp³-hybridized carbons (Fsp3) is 0.250. The van der Waals surface area contributed by atoms with E-state index in [2.05, 4.69) is 20.8 Å². The number of aromatic nitrogens is 2. The second kappa shape index (κ2) is 9.91. The minimum Gasteiger partial charge on any atom is -0.480 e. The number of piperidine rings is 1. The Balaban J connectivity index is 1.32.